The lowest BCUT2D eigenvalue weighted by Gasteiger charge is -2.10. The van der Waals surface area contributed by atoms with Crippen molar-refractivity contribution in [2.45, 2.75) is 33.6 Å². The van der Waals surface area contributed by atoms with Crippen LogP contribution in [0.2, 0.25) is 0 Å². The number of pyridine rings is 1. The number of nitrogens with one attached hydrogen (secondary N) is 2. The third-order valence-electron chi connectivity index (χ3n) is 4.55. The van der Waals surface area contributed by atoms with Gasteiger partial charge in [0.2, 0.25) is 0 Å². The number of hydrogen-bond donors (Lipinski definition) is 2. The molecule has 1 aromatic carbocycles. The summed E-state index contributed by atoms with van der Waals surface area (Å²) >= 11 is 0. The SMILES string of the molecule is CCCc1cc(-c2ccc(C(=O)NCCNc3ncccc3C)cc2)nc(C)n1. The Kier molecular flexibility index (Phi) is 6.89. The molecule has 6 heteroatoms. The fourth-order valence-electron chi connectivity index (χ4n) is 3.08. The van der Waals surface area contributed by atoms with Crippen molar-refractivity contribution in [2.24, 2.45) is 0 Å². The van der Waals surface area contributed by atoms with Crippen LogP contribution >= 0.6 is 0 Å². The zero-order chi connectivity index (χ0) is 20.6. The first-order valence-electron chi connectivity index (χ1n) is 9.95. The first kappa shape index (κ1) is 20.5. The molecule has 150 valence electrons. The average molecular weight is 390 g/mol. The Balaban J connectivity index is 1.57. The minimum absolute atomic E-state index is 0.0957. The van der Waals surface area contributed by atoms with Crippen molar-refractivity contribution in [3.8, 4) is 11.3 Å². The van der Waals surface area contributed by atoms with Gasteiger partial charge in [0.1, 0.15) is 11.6 Å². The smallest absolute Gasteiger partial charge is 0.251 e. The monoisotopic (exact) mass is 389 g/mol. The minimum atomic E-state index is -0.0957. The zero-order valence-electron chi connectivity index (χ0n) is 17.2. The molecule has 0 aliphatic carbocycles. The van der Waals surface area contributed by atoms with Crippen molar-refractivity contribution in [1.82, 2.24) is 20.3 Å². The van der Waals surface area contributed by atoms with E-state index in [1.807, 2.05) is 56.3 Å². The van der Waals surface area contributed by atoms with Gasteiger partial charge in [-0.2, -0.15) is 0 Å². The quantitative estimate of drug-likeness (QED) is 0.570. The van der Waals surface area contributed by atoms with E-state index in [1.165, 1.54) is 0 Å². The third kappa shape index (κ3) is 5.60. The van der Waals surface area contributed by atoms with Crippen LogP contribution in [0.25, 0.3) is 11.3 Å². The molecule has 0 radical (unpaired) electrons. The van der Waals surface area contributed by atoms with Gasteiger partial charge in [-0.3, -0.25) is 4.79 Å². The lowest BCUT2D eigenvalue weighted by atomic mass is 10.1. The molecule has 0 atom stereocenters. The number of hydrogen-bond acceptors (Lipinski definition) is 5. The molecule has 2 N–H and O–H groups in total. The van der Waals surface area contributed by atoms with E-state index in [0.29, 0.717) is 18.7 Å². The van der Waals surface area contributed by atoms with Crippen molar-refractivity contribution in [3.05, 3.63) is 71.3 Å². The van der Waals surface area contributed by atoms with Crippen LogP contribution in [0.15, 0.2) is 48.7 Å². The number of rotatable bonds is 8. The third-order valence-corrected chi connectivity index (χ3v) is 4.55. The number of nitrogens with zero attached hydrogens (tertiary/aromatic N) is 3. The predicted molar refractivity (Wildman–Crippen MR) is 116 cm³/mol. The summed E-state index contributed by atoms with van der Waals surface area (Å²) in [5.41, 5.74) is 4.63. The molecule has 0 fully saturated rings. The molecule has 2 heterocycles. The summed E-state index contributed by atoms with van der Waals surface area (Å²) in [6.45, 7) is 7.17. The summed E-state index contributed by atoms with van der Waals surface area (Å²) in [5, 5.41) is 6.16. The molecule has 1 amide bonds. The molecule has 0 saturated carbocycles. The minimum Gasteiger partial charge on any atom is -0.368 e. The van der Waals surface area contributed by atoms with Crippen molar-refractivity contribution in [2.75, 3.05) is 18.4 Å². The summed E-state index contributed by atoms with van der Waals surface area (Å²) in [6.07, 6.45) is 3.73. The Hall–Kier alpha value is -3.28. The Morgan fingerprint density at radius 2 is 1.83 bits per heavy atom. The molecule has 0 aliphatic rings. The number of amides is 1. The lowest BCUT2D eigenvalue weighted by Crippen LogP contribution is -2.29. The van der Waals surface area contributed by atoms with Crippen molar-refractivity contribution < 1.29 is 4.79 Å². The maximum absolute atomic E-state index is 12.4. The summed E-state index contributed by atoms with van der Waals surface area (Å²) in [7, 11) is 0. The summed E-state index contributed by atoms with van der Waals surface area (Å²) in [6, 6.07) is 13.5. The molecule has 3 rings (SSSR count). The van der Waals surface area contributed by atoms with Gasteiger partial charge < -0.3 is 10.6 Å². The molecule has 6 nitrogen and oxygen atoms in total. The first-order chi connectivity index (χ1) is 14.1. The van der Waals surface area contributed by atoms with Gasteiger partial charge in [-0.1, -0.05) is 31.5 Å². The van der Waals surface area contributed by atoms with E-state index in [9.17, 15) is 4.79 Å². The van der Waals surface area contributed by atoms with E-state index in [0.717, 1.165) is 47.0 Å². The molecule has 2 aromatic heterocycles. The highest BCUT2D eigenvalue weighted by molar-refractivity contribution is 5.94. The van der Waals surface area contributed by atoms with Crippen LogP contribution in [0, 0.1) is 13.8 Å². The Bertz CT molecular complexity index is 969. The van der Waals surface area contributed by atoms with Gasteiger partial charge in [-0.15, -0.1) is 0 Å². The average Bonchev–Trinajstić information content (AvgIpc) is 2.72. The number of carbonyl (C=O) groups is 1. The van der Waals surface area contributed by atoms with Crippen molar-refractivity contribution in [3.63, 3.8) is 0 Å². The largest absolute Gasteiger partial charge is 0.368 e. The van der Waals surface area contributed by atoms with Gasteiger partial charge >= 0.3 is 0 Å². The van der Waals surface area contributed by atoms with E-state index in [-0.39, 0.29) is 5.91 Å². The molecule has 0 spiro atoms. The second-order valence-electron chi connectivity index (χ2n) is 6.97. The van der Waals surface area contributed by atoms with E-state index < -0.39 is 0 Å². The number of anilines is 1. The first-order valence-corrected chi connectivity index (χ1v) is 9.95. The number of carbonyl (C=O) groups excluding carboxylic acids is 1. The molecule has 0 unspecified atom stereocenters. The van der Waals surface area contributed by atoms with E-state index >= 15 is 0 Å². The van der Waals surface area contributed by atoms with Crippen LogP contribution in [0.1, 0.15) is 40.8 Å². The second-order valence-corrected chi connectivity index (χ2v) is 6.97. The van der Waals surface area contributed by atoms with Crippen LogP contribution in [0.5, 0.6) is 0 Å². The van der Waals surface area contributed by atoms with Crippen LogP contribution in [0.4, 0.5) is 5.82 Å². The highest BCUT2D eigenvalue weighted by Gasteiger charge is 2.08. The van der Waals surface area contributed by atoms with E-state index in [2.05, 4.69) is 32.5 Å². The molecule has 0 saturated heterocycles. The van der Waals surface area contributed by atoms with Gasteiger partial charge in [0.25, 0.3) is 5.91 Å². The molecular weight excluding hydrogens is 362 g/mol. The molecule has 3 aromatic rings. The highest BCUT2D eigenvalue weighted by atomic mass is 16.1. The summed E-state index contributed by atoms with van der Waals surface area (Å²) in [5.74, 6) is 1.51. The molecular formula is C23H27N5O. The van der Waals surface area contributed by atoms with Gasteiger partial charge in [-0.25, -0.2) is 15.0 Å². The Labute approximate surface area is 171 Å². The van der Waals surface area contributed by atoms with E-state index in [4.69, 9.17) is 0 Å². The standard InChI is InChI=1S/C23H27N5O/c1-4-6-20-15-21(28-17(3)27-20)18-8-10-19(11-9-18)23(29)26-14-13-25-22-16(2)7-5-12-24-22/h5,7-12,15H,4,6,13-14H2,1-3H3,(H,24,25)(H,26,29). The van der Waals surface area contributed by atoms with Gasteiger partial charge in [0.05, 0.1) is 5.69 Å². The maximum Gasteiger partial charge on any atom is 0.251 e. The Morgan fingerprint density at radius 1 is 1.03 bits per heavy atom. The fraction of sp³-hybridized carbons (Fsp3) is 0.304. The number of aromatic nitrogens is 3. The number of aryl methyl sites for hydroxylation is 3. The number of benzene rings is 1. The van der Waals surface area contributed by atoms with E-state index in [1.54, 1.807) is 6.20 Å². The van der Waals surface area contributed by atoms with Gasteiger partial charge in [0.15, 0.2) is 0 Å². The summed E-state index contributed by atoms with van der Waals surface area (Å²) in [4.78, 5) is 25.7. The predicted octanol–water partition coefficient (Wildman–Crippen LogP) is 3.95. The second kappa shape index (κ2) is 9.78. The topological polar surface area (TPSA) is 79.8 Å². The molecule has 0 aliphatic heterocycles. The summed E-state index contributed by atoms with van der Waals surface area (Å²) < 4.78 is 0. The molecule has 29 heavy (non-hydrogen) atoms. The normalized spacial score (nSPS) is 10.6. The Morgan fingerprint density at radius 3 is 2.55 bits per heavy atom. The van der Waals surface area contributed by atoms with Crippen LogP contribution < -0.4 is 10.6 Å². The highest BCUT2D eigenvalue weighted by Crippen LogP contribution is 2.19. The van der Waals surface area contributed by atoms with Crippen LogP contribution in [-0.4, -0.2) is 33.9 Å². The van der Waals surface area contributed by atoms with Gasteiger partial charge in [-0.05, 0) is 50.1 Å². The molecule has 0 bridgehead atoms. The zero-order valence-corrected chi connectivity index (χ0v) is 17.2. The van der Waals surface area contributed by atoms with Crippen LogP contribution in [-0.2, 0) is 6.42 Å². The maximum atomic E-state index is 12.4. The van der Waals surface area contributed by atoms with Crippen LogP contribution in [0.3, 0.4) is 0 Å². The van der Waals surface area contributed by atoms with Gasteiger partial charge in [0, 0.05) is 36.1 Å². The van der Waals surface area contributed by atoms with Crippen molar-refractivity contribution >= 4 is 11.7 Å². The van der Waals surface area contributed by atoms with Crippen molar-refractivity contribution in [1.29, 1.82) is 0 Å². The fourth-order valence-corrected chi connectivity index (χ4v) is 3.08. The lowest BCUT2D eigenvalue weighted by molar-refractivity contribution is 0.0955.